The molecule has 152 valence electrons. The first-order valence-corrected chi connectivity index (χ1v) is 11.6. The maximum atomic E-state index is 6.28. The van der Waals surface area contributed by atoms with Gasteiger partial charge in [0.2, 0.25) is 0 Å². The van der Waals surface area contributed by atoms with E-state index in [1.165, 1.54) is 62.4 Å². The lowest BCUT2D eigenvalue weighted by atomic mass is 9.71. The number of fused-ring (bicyclic) bond motifs is 3. The summed E-state index contributed by atoms with van der Waals surface area (Å²) in [5, 5.41) is 0.827. The zero-order valence-corrected chi connectivity index (χ0v) is 17.6. The van der Waals surface area contributed by atoms with Crippen molar-refractivity contribution in [1.82, 2.24) is 4.98 Å². The van der Waals surface area contributed by atoms with Crippen molar-refractivity contribution in [2.45, 2.75) is 44.2 Å². The van der Waals surface area contributed by atoms with Crippen molar-refractivity contribution in [3.63, 3.8) is 0 Å². The van der Waals surface area contributed by atoms with Gasteiger partial charge in [-0.2, -0.15) is 0 Å². The zero-order valence-electron chi connectivity index (χ0n) is 16.9. The summed E-state index contributed by atoms with van der Waals surface area (Å²) in [6.45, 7) is 4.68. The minimum absolute atomic E-state index is 0.542. The Hall–Kier alpha value is -1.94. The van der Waals surface area contributed by atoms with E-state index in [4.69, 9.17) is 16.6 Å². The highest BCUT2D eigenvalue weighted by molar-refractivity contribution is 6.30. The quantitative estimate of drug-likeness (QED) is 0.725. The molecule has 5 heteroatoms. The Kier molecular flexibility index (Phi) is 4.37. The van der Waals surface area contributed by atoms with Crippen LogP contribution >= 0.6 is 11.6 Å². The summed E-state index contributed by atoms with van der Waals surface area (Å²) in [4.78, 5) is 12.6. The molecule has 4 nitrogen and oxygen atoms in total. The third-order valence-corrected chi connectivity index (χ3v) is 7.86. The molecule has 2 bridgehead atoms. The van der Waals surface area contributed by atoms with Crippen molar-refractivity contribution in [3.05, 3.63) is 47.6 Å². The molecule has 5 aliphatic rings. The summed E-state index contributed by atoms with van der Waals surface area (Å²) in [6.07, 6.45) is 8.58. The molecule has 2 aromatic rings. The fourth-order valence-electron chi connectivity index (χ4n) is 6.29. The van der Waals surface area contributed by atoms with Crippen LogP contribution in [0.25, 0.3) is 0 Å². The van der Waals surface area contributed by atoms with Crippen molar-refractivity contribution >= 4 is 28.8 Å². The standard InChI is InChI=1S/C24H29ClN4/c25-19-3-1-4-21(13-19)28-9-2-5-22-23(28)7-10-29(22)24-14-20(6-8-26-24)27-15-17-11-18(12-17)16-27/h1,3-4,6,8,13-14,17-18,22-23H,2,5,7,9-12,15-16H2/t17?,18?,22-,23-/m1/s1. The smallest absolute Gasteiger partial charge is 0.130 e. The average Bonchev–Trinajstić information content (AvgIpc) is 3.18. The highest BCUT2D eigenvalue weighted by Crippen LogP contribution is 2.42. The van der Waals surface area contributed by atoms with Crippen LogP contribution in [0.5, 0.6) is 0 Å². The summed E-state index contributed by atoms with van der Waals surface area (Å²) >= 11 is 6.28. The van der Waals surface area contributed by atoms with Crippen LogP contribution < -0.4 is 14.7 Å². The minimum atomic E-state index is 0.542. The number of anilines is 3. The second-order valence-electron chi connectivity index (χ2n) is 9.41. The molecule has 0 amide bonds. The highest BCUT2D eigenvalue weighted by atomic mass is 35.5. The lowest BCUT2D eigenvalue weighted by Gasteiger charge is -2.48. The summed E-state index contributed by atoms with van der Waals surface area (Å²) in [5.41, 5.74) is 2.64. The fourth-order valence-corrected chi connectivity index (χ4v) is 6.47. The number of rotatable bonds is 3. The van der Waals surface area contributed by atoms with Gasteiger partial charge in [0, 0.05) is 54.8 Å². The molecule has 1 aromatic heterocycles. The number of hydrogen-bond donors (Lipinski definition) is 0. The van der Waals surface area contributed by atoms with Gasteiger partial charge in [0.1, 0.15) is 5.82 Å². The Bertz CT molecular complexity index is 886. The van der Waals surface area contributed by atoms with Crippen LogP contribution in [0.1, 0.15) is 32.1 Å². The van der Waals surface area contributed by atoms with E-state index < -0.39 is 0 Å². The van der Waals surface area contributed by atoms with Crippen molar-refractivity contribution in [3.8, 4) is 0 Å². The van der Waals surface area contributed by atoms with E-state index in [2.05, 4.69) is 45.0 Å². The molecule has 4 aliphatic heterocycles. The van der Waals surface area contributed by atoms with Gasteiger partial charge in [0.05, 0.1) is 12.1 Å². The van der Waals surface area contributed by atoms with Gasteiger partial charge in [-0.3, -0.25) is 0 Å². The average molecular weight is 409 g/mol. The second-order valence-corrected chi connectivity index (χ2v) is 9.85. The molecule has 29 heavy (non-hydrogen) atoms. The first kappa shape index (κ1) is 17.9. The molecule has 1 saturated carbocycles. The summed E-state index contributed by atoms with van der Waals surface area (Å²) < 4.78 is 0. The molecule has 7 rings (SSSR count). The first-order valence-electron chi connectivity index (χ1n) is 11.2. The van der Waals surface area contributed by atoms with E-state index in [1.54, 1.807) is 0 Å². The molecule has 1 aromatic carbocycles. The molecular formula is C24H29ClN4. The normalized spacial score (nSPS) is 30.9. The van der Waals surface area contributed by atoms with Gasteiger partial charge >= 0.3 is 0 Å². The van der Waals surface area contributed by atoms with Crippen molar-refractivity contribution in [1.29, 1.82) is 0 Å². The SMILES string of the molecule is Clc1cccc(N2CCC[C@@H]3[C@H]2CCN3c2cc(N3CC4CC(C4)C3)ccn2)c1. The summed E-state index contributed by atoms with van der Waals surface area (Å²) in [5.74, 6) is 3.01. The Morgan fingerprint density at radius 1 is 0.862 bits per heavy atom. The molecule has 4 saturated heterocycles. The topological polar surface area (TPSA) is 22.6 Å². The molecule has 0 unspecified atom stereocenters. The lowest BCUT2D eigenvalue weighted by molar-refractivity contribution is 0.159. The molecule has 0 radical (unpaired) electrons. The maximum Gasteiger partial charge on any atom is 0.130 e. The van der Waals surface area contributed by atoms with Crippen molar-refractivity contribution in [2.75, 3.05) is 40.9 Å². The number of halogens is 1. The number of piperidine rings is 3. The number of nitrogens with zero attached hydrogens (tertiary/aromatic N) is 4. The molecule has 1 aliphatic carbocycles. The maximum absolute atomic E-state index is 6.28. The van der Waals surface area contributed by atoms with Gasteiger partial charge < -0.3 is 14.7 Å². The number of aromatic nitrogens is 1. The highest BCUT2D eigenvalue weighted by Gasteiger charge is 2.41. The Morgan fingerprint density at radius 3 is 2.52 bits per heavy atom. The van der Waals surface area contributed by atoms with Gasteiger partial charge in [0.15, 0.2) is 0 Å². The molecule has 0 spiro atoms. The third-order valence-electron chi connectivity index (χ3n) is 7.63. The largest absolute Gasteiger partial charge is 0.371 e. The molecule has 0 N–H and O–H groups in total. The Labute approximate surface area is 178 Å². The van der Waals surface area contributed by atoms with Gasteiger partial charge in [0.25, 0.3) is 0 Å². The van der Waals surface area contributed by atoms with Crippen molar-refractivity contribution < 1.29 is 0 Å². The minimum Gasteiger partial charge on any atom is -0.371 e. The van der Waals surface area contributed by atoms with Crippen LogP contribution in [-0.2, 0) is 0 Å². The molecule has 5 fully saturated rings. The predicted molar refractivity (Wildman–Crippen MR) is 120 cm³/mol. The Morgan fingerprint density at radius 2 is 1.69 bits per heavy atom. The van der Waals surface area contributed by atoms with Crippen LogP contribution in [0.4, 0.5) is 17.2 Å². The first-order chi connectivity index (χ1) is 14.2. The molecule has 5 heterocycles. The molecule has 2 atom stereocenters. The van der Waals surface area contributed by atoms with Crippen LogP contribution in [0.2, 0.25) is 5.02 Å². The number of benzene rings is 1. The third kappa shape index (κ3) is 3.16. The predicted octanol–water partition coefficient (Wildman–Crippen LogP) is 4.83. The van der Waals surface area contributed by atoms with E-state index in [9.17, 15) is 0 Å². The monoisotopic (exact) mass is 408 g/mol. The summed E-state index contributed by atoms with van der Waals surface area (Å²) in [6, 6.07) is 14.0. The van der Waals surface area contributed by atoms with Gasteiger partial charge in [-0.05, 0) is 68.2 Å². The van der Waals surface area contributed by atoms with Crippen LogP contribution in [0, 0.1) is 11.8 Å². The van der Waals surface area contributed by atoms with Crippen LogP contribution in [0.15, 0.2) is 42.6 Å². The zero-order chi connectivity index (χ0) is 19.4. The van der Waals surface area contributed by atoms with E-state index in [1.807, 2.05) is 12.3 Å². The van der Waals surface area contributed by atoms with Gasteiger partial charge in [-0.25, -0.2) is 4.98 Å². The van der Waals surface area contributed by atoms with Crippen LogP contribution in [-0.4, -0.2) is 43.2 Å². The van der Waals surface area contributed by atoms with Gasteiger partial charge in [-0.15, -0.1) is 0 Å². The fraction of sp³-hybridized carbons (Fsp3) is 0.542. The Balaban J connectivity index is 1.24. The van der Waals surface area contributed by atoms with E-state index in [-0.39, 0.29) is 0 Å². The van der Waals surface area contributed by atoms with E-state index in [0.717, 1.165) is 29.9 Å². The van der Waals surface area contributed by atoms with Crippen LogP contribution in [0.3, 0.4) is 0 Å². The number of pyridine rings is 1. The van der Waals surface area contributed by atoms with E-state index >= 15 is 0 Å². The van der Waals surface area contributed by atoms with Gasteiger partial charge in [-0.1, -0.05) is 17.7 Å². The second kappa shape index (κ2) is 7.09. The summed E-state index contributed by atoms with van der Waals surface area (Å²) in [7, 11) is 0. The molecular weight excluding hydrogens is 380 g/mol. The number of hydrogen-bond acceptors (Lipinski definition) is 4. The van der Waals surface area contributed by atoms with Crippen molar-refractivity contribution in [2.24, 2.45) is 11.8 Å². The lowest BCUT2D eigenvalue weighted by Crippen LogP contribution is -2.50. The van der Waals surface area contributed by atoms with E-state index in [0.29, 0.717) is 12.1 Å².